The summed E-state index contributed by atoms with van der Waals surface area (Å²) in [6, 6.07) is 14.5. The molecule has 0 bridgehead atoms. The molecule has 0 saturated heterocycles. The Kier molecular flexibility index (Phi) is 5.09. The second-order valence-corrected chi connectivity index (χ2v) is 6.25. The van der Waals surface area contributed by atoms with Crippen molar-refractivity contribution in [2.24, 2.45) is 0 Å². The van der Waals surface area contributed by atoms with Gasteiger partial charge in [0.15, 0.2) is 0 Å². The molecule has 26 heavy (non-hydrogen) atoms. The molecular weight excluding hydrogens is 360 g/mol. The number of benzene rings is 3. The molecule has 0 fully saturated rings. The zero-order valence-corrected chi connectivity index (χ0v) is 14.1. The zero-order valence-electron chi connectivity index (χ0n) is 13.2. The summed E-state index contributed by atoms with van der Waals surface area (Å²) < 4.78 is 30.8. The summed E-state index contributed by atoms with van der Waals surface area (Å²) >= 11 is 1.16. The SMILES string of the molecule is O=C(O)c1ccc(NSc2cccc(-c3c(F)cccc3F)c2)cc1O. The third-order valence-electron chi connectivity index (χ3n) is 3.60. The molecule has 0 aromatic heterocycles. The normalized spacial score (nSPS) is 10.5. The van der Waals surface area contributed by atoms with E-state index in [-0.39, 0.29) is 16.9 Å². The van der Waals surface area contributed by atoms with Gasteiger partial charge in [-0.25, -0.2) is 13.6 Å². The quantitative estimate of drug-likeness (QED) is 0.539. The summed E-state index contributed by atoms with van der Waals surface area (Å²) in [6.45, 7) is 0. The van der Waals surface area contributed by atoms with Crippen molar-refractivity contribution in [1.29, 1.82) is 0 Å². The van der Waals surface area contributed by atoms with Crippen molar-refractivity contribution in [2.75, 3.05) is 4.72 Å². The summed E-state index contributed by atoms with van der Waals surface area (Å²) in [6.07, 6.45) is 0. The highest BCUT2D eigenvalue weighted by molar-refractivity contribution is 8.00. The number of rotatable bonds is 5. The molecule has 0 unspecified atom stereocenters. The minimum atomic E-state index is -1.22. The minimum absolute atomic E-state index is 0.0987. The van der Waals surface area contributed by atoms with Gasteiger partial charge in [-0.1, -0.05) is 18.2 Å². The van der Waals surface area contributed by atoms with Crippen LogP contribution < -0.4 is 4.72 Å². The van der Waals surface area contributed by atoms with Crippen molar-refractivity contribution < 1.29 is 23.8 Å². The Bertz CT molecular complexity index is 958. The van der Waals surface area contributed by atoms with E-state index in [9.17, 15) is 18.7 Å². The lowest BCUT2D eigenvalue weighted by atomic mass is 10.0. The number of anilines is 1. The first-order chi connectivity index (χ1) is 12.5. The first-order valence-corrected chi connectivity index (χ1v) is 8.31. The largest absolute Gasteiger partial charge is 0.507 e. The van der Waals surface area contributed by atoms with Crippen molar-refractivity contribution in [3.8, 4) is 16.9 Å². The zero-order chi connectivity index (χ0) is 18.7. The number of carboxylic acids is 1. The molecule has 7 heteroatoms. The van der Waals surface area contributed by atoms with E-state index in [4.69, 9.17) is 5.11 Å². The molecule has 0 heterocycles. The van der Waals surface area contributed by atoms with Crippen LogP contribution in [-0.4, -0.2) is 16.2 Å². The van der Waals surface area contributed by atoms with Crippen molar-refractivity contribution in [1.82, 2.24) is 0 Å². The van der Waals surface area contributed by atoms with E-state index in [1.165, 1.54) is 36.4 Å². The van der Waals surface area contributed by atoms with Crippen LogP contribution in [0.5, 0.6) is 5.75 Å². The number of hydrogen-bond donors (Lipinski definition) is 3. The van der Waals surface area contributed by atoms with E-state index >= 15 is 0 Å². The molecule has 0 amide bonds. The summed E-state index contributed by atoms with van der Waals surface area (Å²) in [5.41, 5.74) is 0.590. The highest BCUT2D eigenvalue weighted by Gasteiger charge is 2.12. The number of carbonyl (C=O) groups is 1. The van der Waals surface area contributed by atoms with E-state index in [0.29, 0.717) is 16.1 Å². The van der Waals surface area contributed by atoms with Crippen LogP contribution in [0.25, 0.3) is 11.1 Å². The molecule has 3 N–H and O–H groups in total. The minimum Gasteiger partial charge on any atom is -0.507 e. The third-order valence-corrected chi connectivity index (χ3v) is 4.43. The summed E-state index contributed by atoms with van der Waals surface area (Å²) in [5.74, 6) is -2.87. The molecular formula is C19H13F2NO3S. The first kappa shape index (κ1) is 17.8. The molecule has 4 nitrogen and oxygen atoms in total. The lowest BCUT2D eigenvalue weighted by Crippen LogP contribution is -1.97. The molecule has 0 aliphatic heterocycles. The van der Waals surface area contributed by atoms with Crippen LogP contribution in [-0.2, 0) is 0 Å². The van der Waals surface area contributed by atoms with Crippen LogP contribution in [0, 0.1) is 11.6 Å². The number of nitrogens with one attached hydrogen (secondary N) is 1. The molecule has 3 rings (SSSR count). The Morgan fingerprint density at radius 2 is 1.65 bits per heavy atom. The van der Waals surface area contributed by atoms with Crippen molar-refractivity contribution in [3.05, 3.63) is 77.9 Å². The summed E-state index contributed by atoms with van der Waals surface area (Å²) in [5, 5.41) is 18.6. The fourth-order valence-electron chi connectivity index (χ4n) is 2.38. The first-order valence-electron chi connectivity index (χ1n) is 7.49. The second kappa shape index (κ2) is 7.45. The Morgan fingerprint density at radius 1 is 0.962 bits per heavy atom. The van der Waals surface area contributed by atoms with Gasteiger partial charge in [-0.15, -0.1) is 0 Å². The van der Waals surface area contributed by atoms with Gasteiger partial charge >= 0.3 is 5.97 Å². The summed E-state index contributed by atoms with van der Waals surface area (Å²) in [4.78, 5) is 11.6. The molecule has 0 atom stereocenters. The van der Waals surface area contributed by atoms with Crippen molar-refractivity contribution in [3.63, 3.8) is 0 Å². The van der Waals surface area contributed by atoms with Gasteiger partial charge in [0.25, 0.3) is 0 Å². The lowest BCUT2D eigenvalue weighted by Gasteiger charge is -2.09. The van der Waals surface area contributed by atoms with E-state index in [0.717, 1.165) is 11.9 Å². The van der Waals surface area contributed by atoms with Crippen LogP contribution >= 0.6 is 11.9 Å². The number of aromatic hydroxyl groups is 1. The Hall–Kier alpha value is -3.06. The van der Waals surface area contributed by atoms with Gasteiger partial charge in [-0.3, -0.25) is 0 Å². The summed E-state index contributed by atoms with van der Waals surface area (Å²) in [7, 11) is 0. The van der Waals surface area contributed by atoms with Gasteiger partial charge in [0.05, 0.1) is 5.56 Å². The molecule has 0 radical (unpaired) electrons. The Labute approximate surface area is 152 Å². The van der Waals surface area contributed by atoms with Gasteiger partial charge in [0.1, 0.15) is 22.9 Å². The number of carboxylic acid groups (broad SMARTS) is 1. The highest BCUT2D eigenvalue weighted by Crippen LogP contribution is 2.31. The van der Waals surface area contributed by atoms with Crippen LogP contribution in [0.1, 0.15) is 10.4 Å². The Morgan fingerprint density at radius 3 is 2.31 bits per heavy atom. The number of halogens is 2. The van der Waals surface area contributed by atoms with E-state index in [2.05, 4.69) is 4.72 Å². The van der Waals surface area contributed by atoms with Crippen LogP contribution in [0.3, 0.4) is 0 Å². The molecule has 0 aliphatic carbocycles. The highest BCUT2D eigenvalue weighted by atomic mass is 32.2. The van der Waals surface area contributed by atoms with Gasteiger partial charge in [-0.05, 0) is 53.9 Å². The molecule has 0 spiro atoms. The van der Waals surface area contributed by atoms with Gasteiger partial charge < -0.3 is 14.9 Å². The maximum absolute atomic E-state index is 13.9. The van der Waals surface area contributed by atoms with E-state index < -0.39 is 17.6 Å². The van der Waals surface area contributed by atoms with Crippen LogP contribution in [0.2, 0.25) is 0 Å². The molecule has 132 valence electrons. The standard InChI is InChI=1S/C19H13F2NO3S/c20-15-5-2-6-16(21)18(15)11-3-1-4-13(9-11)26-22-12-7-8-14(19(24)25)17(23)10-12/h1-10,22-23H,(H,24,25). The fraction of sp³-hybridized carbons (Fsp3) is 0. The molecule has 0 saturated carbocycles. The predicted molar refractivity (Wildman–Crippen MR) is 96.3 cm³/mol. The number of hydrogen-bond acceptors (Lipinski definition) is 4. The molecule has 3 aromatic rings. The molecule has 3 aromatic carbocycles. The second-order valence-electron chi connectivity index (χ2n) is 5.37. The maximum Gasteiger partial charge on any atom is 0.339 e. The average Bonchev–Trinajstić information content (AvgIpc) is 2.60. The van der Waals surface area contributed by atoms with E-state index in [1.807, 2.05) is 0 Å². The van der Waals surface area contributed by atoms with Crippen LogP contribution in [0.15, 0.2) is 65.6 Å². The molecule has 0 aliphatic rings. The van der Waals surface area contributed by atoms with Crippen LogP contribution in [0.4, 0.5) is 14.5 Å². The van der Waals surface area contributed by atoms with Crippen molar-refractivity contribution in [2.45, 2.75) is 4.90 Å². The predicted octanol–water partition coefficient (Wildman–Crippen LogP) is 5.15. The lowest BCUT2D eigenvalue weighted by molar-refractivity contribution is 0.0694. The van der Waals surface area contributed by atoms with Crippen molar-refractivity contribution >= 4 is 23.6 Å². The Balaban J connectivity index is 1.80. The maximum atomic E-state index is 13.9. The van der Waals surface area contributed by atoms with Gasteiger partial charge in [0.2, 0.25) is 0 Å². The fourth-order valence-corrected chi connectivity index (χ4v) is 3.08. The third kappa shape index (κ3) is 3.78. The number of phenols is 1. The van der Waals surface area contributed by atoms with Gasteiger partial charge in [-0.2, -0.15) is 0 Å². The topological polar surface area (TPSA) is 69.6 Å². The van der Waals surface area contributed by atoms with Gasteiger partial charge in [0, 0.05) is 16.6 Å². The average molecular weight is 373 g/mol. The monoisotopic (exact) mass is 373 g/mol. The number of aromatic carboxylic acids is 1. The van der Waals surface area contributed by atoms with E-state index in [1.54, 1.807) is 24.3 Å². The smallest absolute Gasteiger partial charge is 0.339 e.